The SMILES string of the molecule is COC(=O)C[C@H](CCCCN1C(=O)c2ccccc2C1=O)N1C(=O)c2ccccc2C1=O. The lowest BCUT2D eigenvalue weighted by molar-refractivity contribution is -0.141. The number of nitrogens with zero attached hydrogens (tertiary/aromatic N) is 2. The average molecular weight is 434 g/mol. The van der Waals surface area contributed by atoms with Crippen molar-refractivity contribution in [3.63, 3.8) is 0 Å². The molecular weight excluding hydrogens is 412 g/mol. The van der Waals surface area contributed by atoms with Gasteiger partial charge in [-0.2, -0.15) is 0 Å². The molecule has 32 heavy (non-hydrogen) atoms. The first kappa shape index (κ1) is 21.4. The Morgan fingerprint density at radius 1 is 0.781 bits per heavy atom. The van der Waals surface area contributed by atoms with Crippen molar-refractivity contribution in [3.05, 3.63) is 70.8 Å². The lowest BCUT2D eigenvalue weighted by Crippen LogP contribution is -2.41. The van der Waals surface area contributed by atoms with Gasteiger partial charge in [-0.1, -0.05) is 24.3 Å². The lowest BCUT2D eigenvalue weighted by Gasteiger charge is -2.25. The van der Waals surface area contributed by atoms with E-state index >= 15 is 0 Å². The molecule has 0 unspecified atom stereocenters. The second kappa shape index (κ2) is 8.74. The zero-order valence-corrected chi connectivity index (χ0v) is 17.6. The summed E-state index contributed by atoms with van der Waals surface area (Å²) in [6, 6.07) is 12.6. The maximum Gasteiger partial charge on any atom is 0.307 e. The molecule has 0 saturated carbocycles. The molecule has 1 atom stereocenters. The van der Waals surface area contributed by atoms with Crippen LogP contribution < -0.4 is 0 Å². The van der Waals surface area contributed by atoms with Crippen LogP contribution in [0.15, 0.2) is 48.5 Å². The normalized spacial score (nSPS) is 15.8. The van der Waals surface area contributed by atoms with Crippen molar-refractivity contribution in [2.75, 3.05) is 13.7 Å². The molecule has 4 rings (SSSR count). The number of ether oxygens (including phenoxy) is 1. The zero-order chi connectivity index (χ0) is 22.8. The molecule has 0 spiro atoms. The summed E-state index contributed by atoms with van der Waals surface area (Å²) in [5.74, 6) is -2.03. The molecule has 164 valence electrons. The van der Waals surface area contributed by atoms with Crippen molar-refractivity contribution >= 4 is 29.6 Å². The number of imide groups is 2. The number of amides is 4. The van der Waals surface area contributed by atoms with Gasteiger partial charge in [0.1, 0.15) is 0 Å². The van der Waals surface area contributed by atoms with Gasteiger partial charge in [0.05, 0.1) is 41.8 Å². The smallest absolute Gasteiger partial charge is 0.307 e. The Hall–Kier alpha value is -3.81. The van der Waals surface area contributed by atoms with Crippen LogP contribution >= 0.6 is 0 Å². The third-order valence-electron chi connectivity index (χ3n) is 5.87. The fourth-order valence-electron chi connectivity index (χ4n) is 4.23. The van der Waals surface area contributed by atoms with Gasteiger partial charge < -0.3 is 4.74 Å². The maximum absolute atomic E-state index is 12.8. The summed E-state index contributed by atoms with van der Waals surface area (Å²) in [5, 5.41) is 0. The highest BCUT2D eigenvalue weighted by Crippen LogP contribution is 2.28. The minimum Gasteiger partial charge on any atom is -0.469 e. The first-order valence-corrected chi connectivity index (χ1v) is 10.4. The first-order chi connectivity index (χ1) is 15.4. The largest absolute Gasteiger partial charge is 0.469 e. The molecule has 8 heteroatoms. The van der Waals surface area contributed by atoms with Crippen molar-refractivity contribution in [1.82, 2.24) is 9.80 Å². The third-order valence-corrected chi connectivity index (χ3v) is 5.87. The predicted octanol–water partition coefficient (Wildman–Crippen LogP) is 2.68. The quantitative estimate of drug-likeness (QED) is 0.360. The first-order valence-electron chi connectivity index (χ1n) is 10.4. The van der Waals surface area contributed by atoms with Gasteiger partial charge in [-0.05, 0) is 43.5 Å². The minimum absolute atomic E-state index is 0.116. The van der Waals surface area contributed by atoms with E-state index in [0.29, 0.717) is 41.5 Å². The van der Waals surface area contributed by atoms with E-state index in [1.54, 1.807) is 48.5 Å². The van der Waals surface area contributed by atoms with E-state index in [1.165, 1.54) is 12.0 Å². The van der Waals surface area contributed by atoms with Gasteiger partial charge in [0.25, 0.3) is 23.6 Å². The summed E-state index contributed by atoms with van der Waals surface area (Å²) in [6.07, 6.45) is 1.22. The van der Waals surface area contributed by atoms with Crippen LogP contribution in [0.3, 0.4) is 0 Å². The average Bonchev–Trinajstić information content (AvgIpc) is 3.21. The molecule has 4 amide bonds. The number of rotatable bonds is 8. The maximum atomic E-state index is 12.8. The van der Waals surface area contributed by atoms with Crippen molar-refractivity contribution in [1.29, 1.82) is 0 Å². The Labute approximate surface area is 184 Å². The highest BCUT2D eigenvalue weighted by atomic mass is 16.5. The molecule has 2 aromatic carbocycles. The number of esters is 1. The van der Waals surface area contributed by atoms with E-state index in [-0.39, 0.29) is 24.8 Å². The summed E-state index contributed by atoms with van der Waals surface area (Å²) < 4.78 is 4.75. The van der Waals surface area contributed by atoms with Gasteiger partial charge in [0.2, 0.25) is 0 Å². The molecule has 0 aliphatic carbocycles. The monoisotopic (exact) mass is 434 g/mol. The number of fused-ring (bicyclic) bond motifs is 2. The summed E-state index contributed by atoms with van der Waals surface area (Å²) in [7, 11) is 1.25. The number of unbranched alkanes of at least 4 members (excludes halogenated alkanes) is 1. The predicted molar refractivity (Wildman–Crippen MR) is 113 cm³/mol. The van der Waals surface area contributed by atoms with Gasteiger partial charge in [-0.25, -0.2) is 0 Å². The topological polar surface area (TPSA) is 101 Å². The van der Waals surface area contributed by atoms with Crippen LogP contribution in [-0.4, -0.2) is 59.1 Å². The summed E-state index contributed by atoms with van der Waals surface area (Å²) in [4.78, 5) is 64.9. The van der Waals surface area contributed by atoms with Crippen LogP contribution in [0.4, 0.5) is 0 Å². The molecule has 0 saturated heterocycles. The standard InChI is InChI=1S/C24H22N2O6/c1-32-20(27)14-15(26-23(30)18-11-4-5-12-19(18)24(26)31)8-6-7-13-25-21(28)16-9-2-3-10-17(16)22(25)29/h2-5,9-12,15H,6-8,13-14H2,1H3/t15-/m0/s1. The molecule has 0 N–H and O–H groups in total. The molecular formula is C24H22N2O6. The summed E-state index contributed by atoms with van der Waals surface area (Å²) >= 11 is 0. The summed E-state index contributed by atoms with van der Waals surface area (Å²) in [5.41, 5.74) is 1.43. The molecule has 0 bridgehead atoms. The van der Waals surface area contributed by atoms with E-state index in [1.807, 2.05) is 0 Å². The highest BCUT2D eigenvalue weighted by molar-refractivity contribution is 6.22. The molecule has 2 aliphatic heterocycles. The van der Waals surface area contributed by atoms with Crippen LogP contribution in [0.5, 0.6) is 0 Å². The van der Waals surface area contributed by atoms with Crippen molar-refractivity contribution in [2.24, 2.45) is 0 Å². The molecule has 2 aromatic rings. The molecule has 0 fully saturated rings. The van der Waals surface area contributed by atoms with Crippen molar-refractivity contribution in [3.8, 4) is 0 Å². The molecule has 0 aromatic heterocycles. The summed E-state index contributed by atoms with van der Waals surface area (Å²) in [6.45, 7) is 0.222. The Morgan fingerprint density at radius 3 is 1.72 bits per heavy atom. The van der Waals surface area contributed by atoms with Crippen molar-refractivity contribution in [2.45, 2.75) is 31.7 Å². The number of hydrogen-bond donors (Lipinski definition) is 0. The third kappa shape index (κ3) is 3.68. The number of carbonyl (C=O) groups excluding carboxylic acids is 5. The minimum atomic E-state index is -0.669. The van der Waals surface area contributed by atoms with E-state index in [0.717, 1.165) is 4.90 Å². The number of carbonyl (C=O) groups is 5. The van der Waals surface area contributed by atoms with E-state index < -0.39 is 23.8 Å². The highest BCUT2D eigenvalue weighted by Gasteiger charge is 2.40. The van der Waals surface area contributed by atoms with E-state index in [9.17, 15) is 24.0 Å². The van der Waals surface area contributed by atoms with Crippen LogP contribution in [0.2, 0.25) is 0 Å². The molecule has 2 heterocycles. The van der Waals surface area contributed by atoms with Gasteiger partial charge >= 0.3 is 5.97 Å². The second-order valence-corrected chi connectivity index (χ2v) is 7.76. The molecule has 0 radical (unpaired) electrons. The van der Waals surface area contributed by atoms with E-state index in [4.69, 9.17) is 4.74 Å². The Morgan fingerprint density at radius 2 is 1.25 bits per heavy atom. The number of benzene rings is 2. The Bertz CT molecular complexity index is 1050. The number of methoxy groups -OCH3 is 1. The van der Waals surface area contributed by atoms with Crippen molar-refractivity contribution < 1.29 is 28.7 Å². The fraction of sp³-hybridized carbons (Fsp3) is 0.292. The van der Waals surface area contributed by atoms with Crippen LogP contribution in [0.25, 0.3) is 0 Å². The van der Waals surface area contributed by atoms with Crippen LogP contribution in [0.1, 0.15) is 67.1 Å². The second-order valence-electron chi connectivity index (χ2n) is 7.76. The molecule has 8 nitrogen and oxygen atoms in total. The lowest BCUT2D eigenvalue weighted by atomic mass is 10.0. The zero-order valence-electron chi connectivity index (χ0n) is 17.6. The van der Waals surface area contributed by atoms with Gasteiger partial charge in [-0.3, -0.25) is 33.8 Å². The van der Waals surface area contributed by atoms with Gasteiger partial charge in [0.15, 0.2) is 0 Å². The number of hydrogen-bond acceptors (Lipinski definition) is 6. The van der Waals surface area contributed by atoms with Gasteiger partial charge in [0, 0.05) is 6.54 Å². The Balaban J connectivity index is 1.41. The van der Waals surface area contributed by atoms with Gasteiger partial charge in [-0.15, -0.1) is 0 Å². The molecule has 2 aliphatic rings. The van der Waals surface area contributed by atoms with Crippen LogP contribution in [0, 0.1) is 0 Å². The van der Waals surface area contributed by atoms with Crippen LogP contribution in [-0.2, 0) is 9.53 Å². The van der Waals surface area contributed by atoms with E-state index in [2.05, 4.69) is 0 Å². The fourth-order valence-corrected chi connectivity index (χ4v) is 4.23. The Kier molecular flexibility index (Phi) is 5.85.